The van der Waals surface area contributed by atoms with Gasteiger partial charge in [0.1, 0.15) is 11.4 Å². The zero-order valence-electron chi connectivity index (χ0n) is 20.6. The van der Waals surface area contributed by atoms with Crippen molar-refractivity contribution in [2.75, 3.05) is 5.32 Å². The molecule has 0 fully saturated rings. The summed E-state index contributed by atoms with van der Waals surface area (Å²) < 4.78 is 94.2. The van der Waals surface area contributed by atoms with Crippen LogP contribution in [-0.2, 0) is 18.9 Å². The molecular formula is C24H20F7N7O2. The summed E-state index contributed by atoms with van der Waals surface area (Å²) >= 11 is 0. The van der Waals surface area contributed by atoms with Gasteiger partial charge in [-0.25, -0.2) is 24.4 Å². The van der Waals surface area contributed by atoms with Crippen molar-refractivity contribution >= 4 is 16.6 Å². The first-order valence-electron chi connectivity index (χ1n) is 11.8. The van der Waals surface area contributed by atoms with E-state index in [0.29, 0.717) is 31.7 Å². The van der Waals surface area contributed by atoms with Crippen LogP contribution in [-0.4, -0.2) is 35.8 Å². The Hall–Kier alpha value is -4.37. The monoisotopic (exact) mass is 571 g/mol. The van der Waals surface area contributed by atoms with E-state index in [4.69, 9.17) is 0 Å². The van der Waals surface area contributed by atoms with E-state index < -0.39 is 52.1 Å². The maximum atomic E-state index is 14.8. The fourth-order valence-corrected chi connectivity index (χ4v) is 4.02. The van der Waals surface area contributed by atoms with Crippen LogP contribution < -0.4 is 16.4 Å². The van der Waals surface area contributed by atoms with Crippen LogP contribution in [0.15, 0.2) is 46.6 Å². The number of alkyl halides is 6. The number of nitrogens with zero attached hydrogens (tertiary/aromatic N) is 5. The fraction of sp³-hybridized carbons (Fsp3) is 0.333. The first-order valence-corrected chi connectivity index (χ1v) is 11.8. The van der Waals surface area contributed by atoms with Gasteiger partial charge in [-0.15, -0.1) is 0 Å². The van der Waals surface area contributed by atoms with Crippen molar-refractivity contribution in [3.63, 3.8) is 0 Å². The molecule has 0 aliphatic carbocycles. The highest BCUT2D eigenvalue weighted by Crippen LogP contribution is 2.32. The van der Waals surface area contributed by atoms with E-state index in [0.717, 1.165) is 18.3 Å². The largest absolute Gasteiger partial charge is 0.423 e. The standard InChI is InChI=1S/C24H20F7N7O2/c1-2-13(36-18-10-35-37-21(39)19(18)24(29,30)31)4-3-5-38-11-34-17-7-14(16(25)6-15(17)22(38)40)20-32-8-12(9-33-20)23(26,27)28/h6-11,13H,2-5H2,1H3,(H2,36,37,39). The first-order chi connectivity index (χ1) is 18.8. The summed E-state index contributed by atoms with van der Waals surface area (Å²) in [5.74, 6) is -1.26. The van der Waals surface area contributed by atoms with Gasteiger partial charge in [-0.1, -0.05) is 6.92 Å². The molecule has 4 aromatic rings. The molecule has 1 aromatic carbocycles. The molecular weight excluding hydrogens is 551 g/mol. The molecule has 0 amide bonds. The molecule has 0 bridgehead atoms. The number of halogens is 7. The van der Waals surface area contributed by atoms with E-state index in [9.17, 15) is 40.3 Å². The number of aryl methyl sites for hydroxylation is 1. The Morgan fingerprint density at radius 2 is 1.70 bits per heavy atom. The summed E-state index contributed by atoms with van der Waals surface area (Å²) in [6.45, 7) is 1.83. The Labute approximate surface area is 220 Å². The number of fused-ring (bicyclic) bond motifs is 1. The van der Waals surface area contributed by atoms with Crippen molar-refractivity contribution in [2.24, 2.45) is 0 Å². The van der Waals surface area contributed by atoms with Crippen molar-refractivity contribution in [1.29, 1.82) is 0 Å². The summed E-state index contributed by atoms with van der Waals surface area (Å²) in [5, 5.41) is 7.78. The topological polar surface area (TPSA) is 118 Å². The second-order valence-corrected chi connectivity index (χ2v) is 8.76. The summed E-state index contributed by atoms with van der Waals surface area (Å²) in [6.07, 6.45) is -5.41. The van der Waals surface area contributed by atoms with Crippen LogP contribution in [0.1, 0.15) is 37.3 Å². The van der Waals surface area contributed by atoms with E-state index in [1.807, 2.05) is 0 Å². The normalized spacial score (nSPS) is 13.0. The highest BCUT2D eigenvalue weighted by Gasteiger charge is 2.37. The average molecular weight is 571 g/mol. The molecule has 16 heteroatoms. The molecule has 40 heavy (non-hydrogen) atoms. The third-order valence-corrected chi connectivity index (χ3v) is 6.08. The van der Waals surface area contributed by atoms with Gasteiger partial charge in [0.2, 0.25) is 0 Å². The number of benzene rings is 1. The van der Waals surface area contributed by atoms with Crippen molar-refractivity contribution in [2.45, 2.75) is 51.1 Å². The SMILES string of the molecule is CCC(CCCn1cnc2cc(-c3ncc(C(F)(F)F)cn3)c(F)cc2c1=O)Nc1cn[nH]c(=O)c1C(F)(F)F. The van der Waals surface area contributed by atoms with Crippen LogP contribution in [0, 0.1) is 5.82 Å². The Kier molecular flexibility index (Phi) is 7.88. The van der Waals surface area contributed by atoms with Gasteiger partial charge in [0.05, 0.1) is 40.2 Å². The molecule has 0 radical (unpaired) electrons. The van der Waals surface area contributed by atoms with Crippen LogP contribution >= 0.6 is 0 Å². The Morgan fingerprint density at radius 3 is 2.33 bits per heavy atom. The van der Waals surface area contributed by atoms with Crippen molar-refractivity contribution in [3.8, 4) is 11.4 Å². The number of aromatic amines is 1. The number of aromatic nitrogens is 6. The molecule has 212 valence electrons. The molecule has 1 unspecified atom stereocenters. The molecule has 0 saturated carbocycles. The second kappa shape index (κ2) is 11.0. The number of hydrogen-bond donors (Lipinski definition) is 2. The third kappa shape index (κ3) is 6.10. The van der Waals surface area contributed by atoms with E-state index in [2.05, 4.69) is 25.4 Å². The number of H-pyrrole nitrogens is 1. The van der Waals surface area contributed by atoms with Gasteiger partial charge in [-0.3, -0.25) is 14.2 Å². The van der Waals surface area contributed by atoms with Gasteiger partial charge in [0.15, 0.2) is 5.82 Å². The van der Waals surface area contributed by atoms with Crippen molar-refractivity contribution in [1.82, 2.24) is 29.7 Å². The number of anilines is 1. The minimum absolute atomic E-state index is 0.0655. The van der Waals surface area contributed by atoms with Crippen LogP contribution in [0.4, 0.5) is 36.4 Å². The molecule has 0 saturated heterocycles. The van der Waals surface area contributed by atoms with Gasteiger partial charge >= 0.3 is 12.4 Å². The average Bonchev–Trinajstić information content (AvgIpc) is 2.88. The zero-order valence-corrected chi connectivity index (χ0v) is 20.6. The minimum atomic E-state index is -4.89. The minimum Gasteiger partial charge on any atom is -0.380 e. The molecule has 0 spiro atoms. The van der Waals surface area contributed by atoms with Crippen LogP contribution in [0.2, 0.25) is 0 Å². The van der Waals surface area contributed by atoms with Crippen LogP contribution in [0.3, 0.4) is 0 Å². The van der Waals surface area contributed by atoms with Crippen molar-refractivity contribution in [3.05, 3.63) is 74.7 Å². The highest BCUT2D eigenvalue weighted by atomic mass is 19.4. The highest BCUT2D eigenvalue weighted by molar-refractivity contribution is 5.82. The lowest BCUT2D eigenvalue weighted by Gasteiger charge is -2.20. The molecule has 2 N–H and O–H groups in total. The maximum absolute atomic E-state index is 14.8. The lowest BCUT2D eigenvalue weighted by Crippen LogP contribution is -2.28. The Morgan fingerprint density at radius 1 is 1.00 bits per heavy atom. The molecule has 9 nitrogen and oxygen atoms in total. The lowest BCUT2D eigenvalue weighted by atomic mass is 10.1. The quantitative estimate of drug-likeness (QED) is 0.292. The third-order valence-electron chi connectivity index (χ3n) is 6.08. The fourth-order valence-electron chi connectivity index (χ4n) is 4.02. The van der Waals surface area contributed by atoms with Crippen molar-refractivity contribution < 1.29 is 30.7 Å². The smallest absolute Gasteiger partial charge is 0.380 e. The van der Waals surface area contributed by atoms with Gasteiger partial charge in [-0.05, 0) is 31.4 Å². The molecule has 1 atom stereocenters. The van der Waals surface area contributed by atoms with Crippen LogP contribution in [0.5, 0.6) is 0 Å². The summed E-state index contributed by atoms with van der Waals surface area (Å²) in [7, 11) is 0. The van der Waals surface area contributed by atoms with E-state index >= 15 is 0 Å². The van der Waals surface area contributed by atoms with E-state index in [1.54, 1.807) is 12.0 Å². The van der Waals surface area contributed by atoms with Gasteiger partial charge in [-0.2, -0.15) is 31.4 Å². The van der Waals surface area contributed by atoms with E-state index in [-0.39, 0.29) is 28.8 Å². The zero-order chi connectivity index (χ0) is 29.2. The molecule has 3 heterocycles. The van der Waals surface area contributed by atoms with Gasteiger partial charge in [0, 0.05) is 25.0 Å². The summed E-state index contributed by atoms with van der Waals surface area (Å²) in [4.78, 5) is 35.9. The number of rotatable bonds is 8. The number of nitrogens with one attached hydrogen (secondary N) is 2. The first kappa shape index (κ1) is 28.6. The summed E-state index contributed by atoms with van der Waals surface area (Å²) in [5.41, 5.74) is -5.10. The Bertz CT molecular complexity index is 1630. The molecule has 3 aromatic heterocycles. The van der Waals surface area contributed by atoms with E-state index in [1.165, 1.54) is 10.9 Å². The summed E-state index contributed by atoms with van der Waals surface area (Å²) in [6, 6.07) is 1.56. The predicted molar refractivity (Wildman–Crippen MR) is 129 cm³/mol. The molecule has 0 aliphatic rings. The predicted octanol–water partition coefficient (Wildman–Crippen LogP) is 4.78. The van der Waals surface area contributed by atoms with Gasteiger partial charge in [0.25, 0.3) is 11.1 Å². The van der Waals surface area contributed by atoms with Gasteiger partial charge < -0.3 is 5.32 Å². The maximum Gasteiger partial charge on any atom is 0.423 e. The molecule has 4 rings (SSSR count). The molecule has 0 aliphatic heterocycles. The van der Waals surface area contributed by atoms with Crippen LogP contribution in [0.25, 0.3) is 22.3 Å². The number of hydrogen-bond acceptors (Lipinski definition) is 7. The Balaban J connectivity index is 1.49. The lowest BCUT2D eigenvalue weighted by molar-refractivity contribution is -0.139. The second-order valence-electron chi connectivity index (χ2n) is 8.76.